The van der Waals surface area contributed by atoms with Gasteiger partial charge >= 0.3 is 0 Å². The molecule has 0 amide bonds. The van der Waals surface area contributed by atoms with Gasteiger partial charge in [0.2, 0.25) is 0 Å². The van der Waals surface area contributed by atoms with Crippen LogP contribution in [-0.4, -0.2) is 6.54 Å². The Morgan fingerprint density at radius 2 is 1.15 bits per heavy atom. The topological polar surface area (TPSA) is 42.5 Å². The summed E-state index contributed by atoms with van der Waals surface area (Å²) in [4.78, 5) is 10.9. The molecule has 2 rings (SSSR count). The van der Waals surface area contributed by atoms with Gasteiger partial charge in [0, 0.05) is 11.7 Å². The minimum atomic E-state index is 0.403. The van der Waals surface area contributed by atoms with Gasteiger partial charge in [-0.3, -0.25) is 0 Å². The molecular weight excluding hydrogens is 408 g/mol. The first-order valence-corrected chi connectivity index (χ1v) is 13.3. The van der Waals surface area contributed by atoms with E-state index >= 15 is 0 Å². The van der Waals surface area contributed by atoms with E-state index in [9.17, 15) is 0 Å². The van der Waals surface area contributed by atoms with Crippen LogP contribution < -0.4 is 20.6 Å². The van der Waals surface area contributed by atoms with E-state index in [1.54, 1.807) is 0 Å². The number of unbranched alkanes of at least 4 members (excludes halogenated alkanes) is 10. The number of nitrogens with one attached hydrogen (secondary N) is 2. The Kier molecular flexibility index (Phi) is 15.2. The highest BCUT2D eigenvalue weighted by Crippen LogP contribution is 2.22. The van der Waals surface area contributed by atoms with Crippen molar-refractivity contribution in [2.24, 2.45) is 0 Å². The summed E-state index contributed by atoms with van der Waals surface area (Å²) >= 11 is 0. The molecule has 0 saturated carbocycles. The van der Waals surface area contributed by atoms with E-state index in [1.165, 1.54) is 82.6 Å². The van der Waals surface area contributed by atoms with Gasteiger partial charge < -0.3 is 15.0 Å². The van der Waals surface area contributed by atoms with Crippen molar-refractivity contribution in [3.05, 3.63) is 60.2 Å². The Morgan fingerprint density at radius 3 is 1.73 bits per heavy atom. The molecule has 1 unspecified atom stereocenters. The van der Waals surface area contributed by atoms with Crippen LogP contribution in [0.3, 0.4) is 0 Å². The summed E-state index contributed by atoms with van der Waals surface area (Å²) in [6.45, 7) is 5.62. The molecule has 2 aromatic carbocycles. The van der Waals surface area contributed by atoms with Crippen LogP contribution in [0.5, 0.6) is 11.5 Å². The number of hydrogen-bond donors (Lipinski definition) is 2. The molecule has 0 aliphatic heterocycles. The van der Waals surface area contributed by atoms with Crippen molar-refractivity contribution in [1.82, 2.24) is 11.0 Å². The van der Waals surface area contributed by atoms with Crippen molar-refractivity contribution in [3.63, 3.8) is 0 Å². The molecule has 0 saturated heterocycles. The summed E-state index contributed by atoms with van der Waals surface area (Å²) in [5.41, 5.74) is 3.87. The summed E-state index contributed by atoms with van der Waals surface area (Å²) < 4.78 is 0. The van der Waals surface area contributed by atoms with Crippen molar-refractivity contribution >= 4 is 0 Å². The Hall–Kier alpha value is -2.04. The molecule has 184 valence electrons. The molecule has 0 spiro atoms. The van der Waals surface area contributed by atoms with E-state index in [1.807, 2.05) is 42.5 Å². The molecule has 0 heterocycles. The third-order valence-electron chi connectivity index (χ3n) is 6.09. The summed E-state index contributed by atoms with van der Waals surface area (Å²) in [6.07, 6.45) is 17.6. The predicted molar refractivity (Wildman–Crippen MR) is 139 cm³/mol. The van der Waals surface area contributed by atoms with Crippen molar-refractivity contribution in [2.45, 2.75) is 103 Å². The summed E-state index contributed by atoms with van der Waals surface area (Å²) in [5, 5.41) is 3.77. The Morgan fingerprint density at radius 1 is 0.606 bits per heavy atom. The second-order valence-electron chi connectivity index (χ2n) is 9.00. The Bertz CT molecular complexity index is 691. The largest absolute Gasteiger partial charge is 0.374 e. The van der Waals surface area contributed by atoms with Crippen LogP contribution in [0.1, 0.15) is 109 Å². The highest BCUT2D eigenvalue weighted by Gasteiger charge is 2.10. The monoisotopic (exact) mass is 454 g/mol. The van der Waals surface area contributed by atoms with Crippen molar-refractivity contribution in [2.75, 3.05) is 6.54 Å². The minimum Gasteiger partial charge on any atom is -0.374 e. The highest BCUT2D eigenvalue weighted by atomic mass is 16.9. The number of rotatable bonds is 20. The van der Waals surface area contributed by atoms with E-state index < -0.39 is 0 Å². The first kappa shape index (κ1) is 27.2. The molecule has 0 aliphatic carbocycles. The van der Waals surface area contributed by atoms with Crippen LogP contribution in [0.25, 0.3) is 0 Å². The van der Waals surface area contributed by atoms with Gasteiger partial charge in [-0.15, -0.1) is 0 Å². The summed E-state index contributed by atoms with van der Waals surface area (Å²) in [6, 6.07) is 18.2. The third kappa shape index (κ3) is 12.7. The molecule has 1 atom stereocenters. The van der Waals surface area contributed by atoms with Gasteiger partial charge in [-0.1, -0.05) is 115 Å². The Balaban J connectivity index is 1.58. The SMILES string of the molecule is CCCCCCCCCCCCCNC(CCC)c1ccc(ONOc2ccccc2)cc1. The molecule has 0 fully saturated rings. The van der Waals surface area contributed by atoms with E-state index in [0.29, 0.717) is 11.8 Å². The predicted octanol–water partition coefficient (Wildman–Crippen LogP) is 8.31. The van der Waals surface area contributed by atoms with Gasteiger partial charge in [0.25, 0.3) is 0 Å². The van der Waals surface area contributed by atoms with Gasteiger partial charge in [0.05, 0.1) is 0 Å². The number of para-hydroxylation sites is 1. The molecule has 2 aromatic rings. The van der Waals surface area contributed by atoms with Gasteiger partial charge in [-0.2, -0.15) is 0 Å². The van der Waals surface area contributed by atoms with Gasteiger partial charge in [0.15, 0.2) is 11.5 Å². The fraction of sp³-hybridized carbons (Fsp3) is 0.586. The fourth-order valence-electron chi connectivity index (χ4n) is 4.11. The number of hydrogen-bond acceptors (Lipinski definition) is 4. The zero-order valence-electron chi connectivity index (χ0n) is 21.0. The van der Waals surface area contributed by atoms with E-state index in [2.05, 4.69) is 36.9 Å². The lowest BCUT2D eigenvalue weighted by atomic mass is 10.0. The van der Waals surface area contributed by atoms with Crippen LogP contribution in [0, 0.1) is 0 Å². The zero-order chi connectivity index (χ0) is 23.4. The van der Waals surface area contributed by atoms with E-state index in [4.69, 9.17) is 9.68 Å². The first-order chi connectivity index (χ1) is 16.3. The second-order valence-corrected chi connectivity index (χ2v) is 9.00. The highest BCUT2D eigenvalue weighted by molar-refractivity contribution is 5.29. The summed E-state index contributed by atoms with van der Waals surface area (Å²) in [5.74, 6) is 1.44. The van der Waals surface area contributed by atoms with Crippen LogP contribution in [0.4, 0.5) is 0 Å². The first-order valence-electron chi connectivity index (χ1n) is 13.3. The molecule has 0 aliphatic rings. The standard InChI is InChI=1S/C29H46N2O2/c1-3-5-6-7-8-9-10-11-12-13-17-25-30-29(18-4-2)26-21-23-28(24-22-26)33-31-32-27-19-15-14-16-20-27/h14-16,19-24,29-31H,3-13,17-18,25H2,1-2H3. The molecule has 4 heteroatoms. The molecule has 0 bridgehead atoms. The molecule has 4 nitrogen and oxygen atoms in total. The molecule has 33 heavy (non-hydrogen) atoms. The lowest BCUT2D eigenvalue weighted by Gasteiger charge is -2.19. The smallest absolute Gasteiger partial charge is 0.151 e. The zero-order valence-corrected chi connectivity index (χ0v) is 21.0. The molecular formula is C29H46N2O2. The average Bonchev–Trinajstić information content (AvgIpc) is 2.85. The normalized spacial score (nSPS) is 11.9. The van der Waals surface area contributed by atoms with Crippen molar-refractivity contribution in [1.29, 1.82) is 0 Å². The Labute approximate surface area is 202 Å². The fourth-order valence-corrected chi connectivity index (χ4v) is 4.11. The maximum atomic E-state index is 5.49. The van der Waals surface area contributed by atoms with Crippen molar-refractivity contribution < 1.29 is 9.68 Å². The number of benzene rings is 2. The molecule has 2 N–H and O–H groups in total. The van der Waals surface area contributed by atoms with E-state index in [-0.39, 0.29) is 0 Å². The summed E-state index contributed by atoms with van der Waals surface area (Å²) in [7, 11) is 0. The molecule has 0 radical (unpaired) electrons. The lowest BCUT2D eigenvalue weighted by Crippen LogP contribution is -2.23. The quantitative estimate of drug-likeness (QED) is 0.156. The maximum Gasteiger partial charge on any atom is 0.151 e. The van der Waals surface area contributed by atoms with Gasteiger partial charge in [-0.25, -0.2) is 0 Å². The lowest BCUT2D eigenvalue weighted by molar-refractivity contribution is -0.0191. The van der Waals surface area contributed by atoms with E-state index in [0.717, 1.165) is 18.7 Å². The van der Waals surface area contributed by atoms with Gasteiger partial charge in [-0.05, 0) is 49.2 Å². The molecule has 0 aromatic heterocycles. The van der Waals surface area contributed by atoms with Crippen LogP contribution in [-0.2, 0) is 0 Å². The second kappa shape index (κ2) is 18.4. The average molecular weight is 455 g/mol. The maximum absolute atomic E-state index is 5.49. The van der Waals surface area contributed by atoms with Crippen LogP contribution >= 0.6 is 0 Å². The third-order valence-corrected chi connectivity index (χ3v) is 6.09. The van der Waals surface area contributed by atoms with Crippen LogP contribution in [0.2, 0.25) is 0 Å². The van der Waals surface area contributed by atoms with Gasteiger partial charge in [0.1, 0.15) is 0 Å². The van der Waals surface area contributed by atoms with Crippen molar-refractivity contribution in [3.8, 4) is 11.5 Å². The minimum absolute atomic E-state index is 0.403. The van der Waals surface area contributed by atoms with Crippen LogP contribution in [0.15, 0.2) is 54.6 Å².